The number of halogens is 1. The molecule has 0 spiro atoms. The second-order valence-electron chi connectivity index (χ2n) is 3.73. The summed E-state index contributed by atoms with van der Waals surface area (Å²) in [4.78, 5) is 1.89. The van der Waals surface area contributed by atoms with E-state index in [4.69, 9.17) is 22.5 Å². The Kier molecular flexibility index (Phi) is 4.14. The molecule has 0 radical (unpaired) electrons. The fourth-order valence-corrected chi connectivity index (χ4v) is 1.69. The first-order chi connectivity index (χ1) is 7.45. The highest BCUT2D eigenvalue weighted by molar-refractivity contribution is 6.31. The minimum Gasteiger partial charge on any atom is -0.409 e. The van der Waals surface area contributed by atoms with Crippen LogP contribution in [0, 0.1) is 6.92 Å². The average molecular weight is 246 g/mol. The van der Waals surface area contributed by atoms with Gasteiger partial charge < -0.3 is 10.9 Å². The van der Waals surface area contributed by atoms with Gasteiger partial charge in [-0.3, -0.25) is 9.58 Å². The summed E-state index contributed by atoms with van der Waals surface area (Å²) < 4.78 is 1.74. The van der Waals surface area contributed by atoms with Gasteiger partial charge in [0.05, 0.1) is 23.0 Å². The van der Waals surface area contributed by atoms with Crippen LogP contribution < -0.4 is 5.73 Å². The predicted octanol–water partition coefficient (Wildman–Crippen LogP) is 0.560. The molecule has 0 saturated heterocycles. The van der Waals surface area contributed by atoms with Crippen molar-refractivity contribution in [2.75, 3.05) is 13.6 Å². The summed E-state index contributed by atoms with van der Waals surface area (Å²) in [5.74, 6) is 0.164. The van der Waals surface area contributed by atoms with Gasteiger partial charge in [-0.1, -0.05) is 16.8 Å². The lowest BCUT2D eigenvalue weighted by Gasteiger charge is -2.15. The van der Waals surface area contributed by atoms with Crippen molar-refractivity contribution in [1.82, 2.24) is 14.7 Å². The lowest BCUT2D eigenvalue weighted by molar-refractivity contribution is 0.307. The second kappa shape index (κ2) is 5.18. The molecule has 0 saturated carbocycles. The topological polar surface area (TPSA) is 79.7 Å². The van der Waals surface area contributed by atoms with Crippen molar-refractivity contribution in [3.8, 4) is 0 Å². The van der Waals surface area contributed by atoms with Gasteiger partial charge in [0.25, 0.3) is 0 Å². The maximum atomic E-state index is 8.46. The van der Waals surface area contributed by atoms with E-state index in [2.05, 4.69) is 10.3 Å². The zero-order chi connectivity index (χ0) is 12.3. The zero-order valence-corrected chi connectivity index (χ0v) is 10.4. The van der Waals surface area contributed by atoms with Crippen LogP contribution in [0.2, 0.25) is 5.02 Å². The molecule has 3 N–H and O–H groups in total. The molecular weight excluding hydrogens is 230 g/mol. The Morgan fingerprint density at radius 3 is 2.75 bits per heavy atom. The molecule has 0 fully saturated rings. The number of likely N-dealkylation sites (N-methyl/N-ethyl adjacent to an activating group) is 1. The van der Waals surface area contributed by atoms with Crippen molar-refractivity contribution in [2.45, 2.75) is 13.5 Å². The SMILES string of the molecule is Cc1nn(C)c(CN(C)CC(N)=NO)c1Cl. The molecular formula is C9H16ClN5O. The van der Waals surface area contributed by atoms with E-state index in [1.165, 1.54) is 0 Å². The van der Waals surface area contributed by atoms with Crippen LogP contribution in [0.5, 0.6) is 0 Å². The van der Waals surface area contributed by atoms with Gasteiger partial charge >= 0.3 is 0 Å². The summed E-state index contributed by atoms with van der Waals surface area (Å²) in [7, 11) is 3.70. The van der Waals surface area contributed by atoms with Gasteiger partial charge in [-0.2, -0.15) is 5.10 Å². The fourth-order valence-electron chi connectivity index (χ4n) is 1.47. The second-order valence-corrected chi connectivity index (χ2v) is 4.11. The Morgan fingerprint density at radius 1 is 1.69 bits per heavy atom. The summed E-state index contributed by atoms with van der Waals surface area (Å²) in [6, 6.07) is 0. The Bertz CT molecular complexity index is 401. The highest BCUT2D eigenvalue weighted by Gasteiger charge is 2.13. The number of oxime groups is 1. The number of amidine groups is 1. The van der Waals surface area contributed by atoms with Crippen molar-refractivity contribution in [2.24, 2.45) is 17.9 Å². The van der Waals surface area contributed by atoms with Gasteiger partial charge in [0, 0.05) is 13.6 Å². The Balaban J connectivity index is 2.73. The smallest absolute Gasteiger partial charge is 0.153 e. The van der Waals surface area contributed by atoms with Crippen molar-refractivity contribution >= 4 is 17.4 Å². The Hall–Kier alpha value is -1.27. The van der Waals surface area contributed by atoms with Crippen LogP contribution in [-0.4, -0.2) is 39.3 Å². The molecule has 0 aliphatic rings. The lowest BCUT2D eigenvalue weighted by Crippen LogP contribution is -2.31. The van der Waals surface area contributed by atoms with Crippen molar-refractivity contribution in [3.63, 3.8) is 0 Å². The van der Waals surface area contributed by atoms with Gasteiger partial charge in [0.15, 0.2) is 5.84 Å². The number of hydrogen-bond acceptors (Lipinski definition) is 4. The number of rotatable bonds is 4. The molecule has 1 aromatic heterocycles. The van der Waals surface area contributed by atoms with Crippen LogP contribution in [0.4, 0.5) is 0 Å². The van der Waals surface area contributed by atoms with Gasteiger partial charge in [-0.05, 0) is 14.0 Å². The molecule has 0 bridgehead atoms. The van der Waals surface area contributed by atoms with E-state index in [0.717, 1.165) is 11.4 Å². The van der Waals surface area contributed by atoms with Gasteiger partial charge in [-0.25, -0.2) is 0 Å². The summed E-state index contributed by atoms with van der Waals surface area (Å²) in [6.07, 6.45) is 0. The zero-order valence-electron chi connectivity index (χ0n) is 9.61. The monoisotopic (exact) mass is 245 g/mol. The minimum atomic E-state index is 0.164. The third-order valence-electron chi connectivity index (χ3n) is 2.24. The first-order valence-corrected chi connectivity index (χ1v) is 5.16. The van der Waals surface area contributed by atoms with Crippen LogP contribution in [0.15, 0.2) is 5.16 Å². The van der Waals surface area contributed by atoms with Crippen molar-refractivity contribution in [1.29, 1.82) is 0 Å². The molecule has 1 heterocycles. The van der Waals surface area contributed by atoms with E-state index in [-0.39, 0.29) is 5.84 Å². The van der Waals surface area contributed by atoms with Crippen LogP contribution in [0.25, 0.3) is 0 Å². The predicted molar refractivity (Wildman–Crippen MR) is 62.7 cm³/mol. The first-order valence-electron chi connectivity index (χ1n) is 4.78. The van der Waals surface area contributed by atoms with E-state index < -0.39 is 0 Å². The van der Waals surface area contributed by atoms with Crippen LogP contribution in [0.1, 0.15) is 11.4 Å². The maximum absolute atomic E-state index is 8.46. The molecule has 0 aromatic carbocycles. The van der Waals surface area contributed by atoms with E-state index in [0.29, 0.717) is 18.1 Å². The largest absolute Gasteiger partial charge is 0.409 e. The first kappa shape index (κ1) is 12.8. The molecule has 0 amide bonds. The third kappa shape index (κ3) is 2.86. The molecule has 0 atom stereocenters. The normalized spacial score (nSPS) is 12.4. The Morgan fingerprint density at radius 2 is 2.31 bits per heavy atom. The van der Waals surface area contributed by atoms with E-state index in [1.807, 2.05) is 25.9 Å². The lowest BCUT2D eigenvalue weighted by atomic mass is 10.3. The summed E-state index contributed by atoms with van der Waals surface area (Å²) >= 11 is 6.11. The number of nitrogens with two attached hydrogens (primary N) is 1. The van der Waals surface area contributed by atoms with Gasteiger partial charge in [0.2, 0.25) is 0 Å². The molecule has 1 aromatic rings. The van der Waals surface area contributed by atoms with Gasteiger partial charge in [0.1, 0.15) is 0 Å². The molecule has 0 aliphatic heterocycles. The van der Waals surface area contributed by atoms with Crippen molar-refractivity contribution in [3.05, 3.63) is 16.4 Å². The number of aromatic nitrogens is 2. The third-order valence-corrected chi connectivity index (χ3v) is 2.73. The van der Waals surface area contributed by atoms with E-state index >= 15 is 0 Å². The molecule has 6 nitrogen and oxygen atoms in total. The molecule has 1 rings (SSSR count). The highest BCUT2D eigenvalue weighted by Crippen LogP contribution is 2.20. The van der Waals surface area contributed by atoms with Gasteiger partial charge in [-0.15, -0.1) is 0 Å². The van der Waals surface area contributed by atoms with Crippen molar-refractivity contribution < 1.29 is 5.21 Å². The van der Waals surface area contributed by atoms with E-state index in [1.54, 1.807) is 4.68 Å². The molecule has 16 heavy (non-hydrogen) atoms. The molecule has 7 heteroatoms. The minimum absolute atomic E-state index is 0.164. The Labute approximate surface area is 99.3 Å². The molecule has 0 unspecified atom stereocenters. The highest BCUT2D eigenvalue weighted by atomic mass is 35.5. The number of aryl methyl sites for hydroxylation is 2. The van der Waals surface area contributed by atoms with Crippen LogP contribution in [0.3, 0.4) is 0 Å². The summed E-state index contributed by atoms with van der Waals surface area (Å²) in [6.45, 7) is 2.82. The average Bonchev–Trinajstić information content (AvgIpc) is 2.45. The van der Waals surface area contributed by atoms with Crippen LogP contribution >= 0.6 is 11.6 Å². The quantitative estimate of drug-likeness (QED) is 0.352. The number of hydrogen-bond donors (Lipinski definition) is 2. The van der Waals surface area contributed by atoms with E-state index in [9.17, 15) is 0 Å². The molecule has 90 valence electrons. The maximum Gasteiger partial charge on any atom is 0.153 e. The number of nitrogens with zero attached hydrogens (tertiary/aromatic N) is 4. The summed E-state index contributed by atoms with van der Waals surface area (Å²) in [5, 5.41) is 16.2. The fraction of sp³-hybridized carbons (Fsp3) is 0.556. The standard InChI is InChI=1S/C9H16ClN5O/c1-6-9(10)7(15(3)12-6)4-14(2)5-8(11)13-16/h16H,4-5H2,1-3H3,(H2,11,13). The summed E-state index contributed by atoms with van der Waals surface area (Å²) in [5.41, 5.74) is 7.12. The molecule has 0 aliphatic carbocycles. The van der Waals surface area contributed by atoms with Crippen LogP contribution in [-0.2, 0) is 13.6 Å².